The number of carboxylic acids is 1. The van der Waals surface area contributed by atoms with Crippen LogP contribution in [0.5, 0.6) is 0 Å². The minimum Gasteiger partial charge on any atom is -0.481 e. The van der Waals surface area contributed by atoms with E-state index in [0.29, 0.717) is 32.2 Å². The third-order valence-electron chi connectivity index (χ3n) is 5.12. The van der Waals surface area contributed by atoms with Crippen LogP contribution in [-0.2, 0) is 15.0 Å². The number of rotatable bonds is 3. The number of carboxylic acid groups (broad SMARTS) is 1. The Hall–Kier alpha value is -1.98. The molecule has 1 atom stereocenters. The van der Waals surface area contributed by atoms with Crippen LogP contribution in [0.3, 0.4) is 0 Å². The number of carbonyl (C=O) groups is 2. The summed E-state index contributed by atoms with van der Waals surface area (Å²) < 4.78 is 27.3. The van der Waals surface area contributed by atoms with Crippen molar-refractivity contribution in [3.63, 3.8) is 0 Å². The first kappa shape index (κ1) is 15.9. The van der Waals surface area contributed by atoms with Crippen molar-refractivity contribution in [3.8, 4) is 0 Å². The Morgan fingerprint density at radius 2 is 1.96 bits per heavy atom. The number of halogens is 2. The summed E-state index contributed by atoms with van der Waals surface area (Å²) in [5.41, 5.74) is -0.731. The molecule has 0 spiro atoms. The van der Waals surface area contributed by atoms with Crippen LogP contribution in [0.25, 0.3) is 0 Å². The van der Waals surface area contributed by atoms with E-state index in [-0.39, 0.29) is 18.0 Å². The van der Waals surface area contributed by atoms with Gasteiger partial charge in [-0.05, 0) is 31.7 Å². The number of hydrogen-bond acceptors (Lipinski definition) is 2. The summed E-state index contributed by atoms with van der Waals surface area (Å²) >= 11 is 0. The van der Waals surface area contributed by atoms with Crippen LogP contribution < -0.4 is 0 Å². The lowest BCUT2D eigenvalue weighted by molar-refractivity contribution is -0.149. The van der Waals surface area contributed by atoms with E-state index in [2.05, 4.69) is 0 Å². The van der Waals surface area contributed by atoms with Gasteiger partial charge >= 0.3 is 5.97 Å². The molecule has 0 unspecified atom stereocenters. The van der Waals surface area contributed by atoms with Crippen LogP contribution in [0, 0.1) is 17.6 Å². The lowest BCUT2D eigenvalue weighted by atomic mass is 9.63. The summed E-state index contributed by atoms with van der Waals surface area (Å²) in [6.07, 6.45) is 3.02. The molecule has 2 aliphatic rings. The quantitative estimate of drug-likeness (QED) is 0.930. The van der Waals surface area contributed by atoms with Gasteiger partial charge in [0.15, 0.2) is 0 Å². The molecule has 1 saturated heterocycles. The van der Waals surface area contributed by atoms with Crippen LogP contribution in [0.2, 0.25) is 0 Å². The summed E-state index contributed by atoms with van der Waals surface area (Å²) in [4.78, 5) is 25.7. The largest absolute Gasteiger partial charge is 0.481 e. The van der Waals surface area contributed by atoms with Gasteiger partial charge in [-0.2, -0.15) is 0 Å². The lowest BCUT2D eigenvalue weighted by Gasteiger charge is -2.45. The molecule has 3 rings (SSSR count). The number of nitrogens with zero attached hydrogens (tertiary/aromatic N) is 1. The fraction of sp³-hybridized carbons (Fsp3) is 0.529. The van der Waals surface area contributed by atoms with Gasteiger partial charge in [0.1, 0.15) is 11.6 Å². The fourth-order valence-corrected chi connectivity index (χ4v) is 3.67. The van der Waals surface area contributed by atoms with Crippen LogP contribution in [0.1, 0.15) is 37.7 Å². The predicted molar refractivity (Wildman–Crippen MR) is 78.8 cm³/mol. The van der Waals surface area contributed by atoms with Crippen LogP contribution >= 0.6 is 0 Å². The van der Waals surface area contributed by atoms with Crippen molar-refractivity contribution in [2.75, 3.05) is 13.1 Å². The van der Waals surface area contributed by atoms with Crippen molar-refractivity contribution in [3.05, 3.63) is 35.4 Å². The van der Waals surface area contributed by atoms with Gasteiger partial charge in [-0.3, -0.25) is 9.59 Å². The van der Waals surface area contributed by atoms with Gasteiger partial charge in [0, 0.05) is 24.7 Å². The highest BCUT2D eigenvalue weighted by Gasteiger charge is 2.49. The lowest BCUT2D eigenvalue weighted by Crippen LogP contribution is -2.54. The molecule has 2 fully saturated rings. The van der Waals surface area contributed by atoms with E-state index >= 15 is 0 Å². The third-order valence-corrected chi connectivity index (χ3v) is 5.12. The first-order valence-corrected chi connectivity index (χ1v) is 7.92. The molecular formula is C17H19F2NO3. The summed E-state index contributed by atoms with van der Waals surface area (Å²) in [5, 5.41) is 9.16. The predicted octanol–water partition coefficient (Wildman–Crippen LogP) is 2.71. The number of carbonyl (C=O) groups excluding carboxylic acids is 1. The van der Waals surface area contributed by atoms with Crippen molar-refractivity contribution < 1.29 is 23.5 Å². The number of amides is 1. The average molecular weight is 323 g/mol. The van der Waals surface area contributed by atoms with Crippen LogP contribution in [0.15, 0.2) is 18.2 Å². The van der Waals surface area contributed by atoms with E-state index in [4.69, 9.17) is 5.11 Å². The zero-order valence-corrected chi connectivity index (χ0v) is 12.7. The van der Waals surface area contributed by atoms with Crippen LogP contribution in [-0.4, -0.2) is 35.0 Å². The number of likely N-dealkylation sites (tertiary alicyclic amines) is 1. The second kappa shape index (κ2) is 5.91. The highest BCUT2D eigenvalue weighted by Crippen LogP contribution is 2.46. The molecule has 124 valence electrons. The van der Waals surface area contributed by atoms with E-state index < -0.39 is 28.9 Å². The molecule has 1 N–H and O–H groups in total. The second-order valence-electron chi connectivity index (χ2n) is 6.49. The van der Waals surface area contributed by atoms with E-state index in [1.807, 2.05) is 0 Å². The topological polar surface area (TPSA) is 57.6 Å². The Morgan fingerprint density at radius 3 is 2.52 bits per heavy atom. The second-order valence-corrected chi connectivity index (χ2v) is 6.49. The monoisotopic (exact) mass is 323 g/mol. The third kappa shape index (κ3) is 2.71. The number of piperidine rings is 1. The van der Waals surface area contributed by atoms with Gasteiger partial charge in [-0.1, -0.05) is 12.5 Å². The van der Waals surface area contributed by atoms with Crippen LogP contribution in [0.4, 0.5) is 8.78 Å². The highest BCUT2D eigenvalue weighted by molar-refractivity contribution is 5.90. The fourth-order valence-electron chi connectivity index (χ4n) is 3.67. The minimum atomic E-state index is -0.960. The van der Waals surface area contributed by atoms with E-state index in [9.17, 15) is 18.4 Å². The summed E-state index contributed by atoms with van der Waals surface area (Å²) in [6.45, 7) is 0.659. The molecule has 1 aliphatic carbocycles. The molecule has 1 amide bonds. The minimum absolute atomic E-state index is 0.165. The van der Waals surface area contributed by atoms with Gasteiger partial charge in [0.2, 0.25) is 5.91 Å². The van der Waals surface area contributed by atoms with E-state index in [1.54, 1.807) is 4.90 Å². The number of hydrogen-bond donors (Lipinski definition) is 1. The molecule has 23 heavy (non-hydrogen) atoms. The Labute approximate surface area is 133 Å². The molecule has 1 aromatic carbocycles. The highest BCUT2D eigenvalue weighted by atomic mass is 19.1. The standard InChI is InChI=1S/C17H19F2NO3/c18-12-4-5-13(14(19)9-12)17(6-2-7-17)16(23)20-8-1-3-11(10-20)15(21)22/h4-5,9,11H,1-3,6-8,10H2,(H,21,22)/t11-/m1/s1. The van der Waals surface area contributed by atoms with Gasteiger partial charge in [0.25, 0.3) is 0 Å². The van der Waals surface area contributed by atoms with Crippen molar-refractivity contribution in [2.45, 2.75) is 37.5 Å². The maximum absolute atomic E-state index is 14.2. The average Bonchev–Trinajstić information content (AvgIpc) is 2.48. The maximum atomic E-state index is 14.2. The first-order chi connectivity index (χ1) is 10.9. The van der Waals surface area contributed by atoms with Crippen molar-refractivity contribution >= 4 is 11.9 Å². The SMILES string of the molecule is O=C(O)[C@@H]1CCCN(C(=O)C2(c3ccc(F)cc3F)CCC2)C1. The van der Waals surface area contributed by atoms with Gasteiger partial charge < -0.3 is 10.0 Å². The Kier molecular flexibility index (Phi) is 4.08. The van der Waals surface area contributed by atoms with Crippen molar-refractivity contribution in [2.24, 2.45) is 5.92 Å². The number of aliphatic carboxylic acids is 1. The zero-order chi connectivity index (χ0) is 16.6. The van der Waals surface area contributed by atoms with Crippen molar-refractivity contribution in [1.82, 2.24) is 4.90 Å². The molecule has 1 saturated carbocycles. The molecule has 6 heteroatoms. The van der Waals surface area contributed by atoms with E-state index in [0.717, 1.165) is 12.5 Å². The normalized spacial score (nSPS) is 23.2. The zero-order valence-electron chi connectivity index (χ0n) is 12.7. The Balaban J connectivity index is 1.88. The molecule has 0 bridgehead atoms. The smallest absolute Gasteiger partial charge is 0.308 e. The molecular weight excluding hydrogens is 304 g/mol. The molecule has 0 aromatic heterocycles. The Morgan fingerprint density at radius 1 is 1.22 bits per heavy atom. The first-order valence-electron chi connectivity index (χ1n) is 7.92. The molecule has 1 aliphatic heterocycles. The summed E-state index contributed by atoms with van der Waals surface area (Å²) in [7, 11) is 0. The maximum Gasteiger partial charge on any atom is 0.308 e. The van der Waals surface area contributed by atoms with Gasteiger partial charge in [-0.15, -0.1) is 0 Å². The molecule has 1 aromatic rings. The van der Waals surface area contributed by atoms with E-state index in [1.165, 1.54) is 12.1 Å². The van der Waals surface area contributed by atoms with Crippen molar-refractivity contribution in [1.29, 1.82) is 0 Å². The summed E-state index contributed by atoms with van der Waals surface area (Å²) in [6, 6.07) is 3.32. The summed E-state index contributed by atoms with van der Waals surface area (Å²) in [5.74, 6) is -3.07. The number of benzene rings is 1. The molecule has 0 radical (unpaired) electrons. The molecule has 1 heterocycles. The van der Waals surface area contributed by atoms with Gasteiger partial charge in [0.05, 0.1) is 11.3 Å². The molecule has 4 nitrogen and oxygen atoms in total. The Bertz CT molecular complexity index is 643. The van der Waals surface area contributed by atoms with Gasteiger partial charge in [-0.25, -0.2) is 8.78 Å².